The number of carbonyl (C=O) groups excluding carboxylic acids is 1. The molecule has 1 heterocycles. The number of anilines is 1. The van der Waals surface area contributed by atoms with Crippen LogP contribution in [0.3, 0.4) is 0 Å². The second-order valence-corrected chi connectivity index (χ2v) is 8.08. The van der Waals surface area contributed by atoms with Crippen molar-refractivity contribution in [2.75, 3.05) is 24.5 Å². The molecule has 2 rings (SSSR count). The Labute approximate surface area is 189 Å². The van der Waals surface area contributed by atoms with Crippen molar-refractivity contribution >= 4 is 11.8 Å². The van der Waals surface area contributed by atoms with Gasteiger partial charge in [-0.1, -0.05) is 52.5 Å². The Balaban J connectivity index is 0.00000233. The molecule has 0 bridgehead atoms. The lowest BCUT2D eigenvalue weighted by Gasteiger charge is -2.33. The molecule has 174 valence electrons. The van der Waals surface area contributed by atoms with Crippen LogP contribution in [0.15, 0.2) is 49.3 Å². The Morgan fingerprint density at radius 1 is 1.35 bits per heavy atom. The predicted octanol–water partition coefficient (Wildman–Crippen LogP) is 4.97. The van der Waals surface area contributed by atoms with Crippen LogP contribution in [0.2, 0.25) is 0 Å². The van der Waals surface area contributed by atoms with E-state index in [1.165, 1.54) is 5.56 Å². The molecule has 1 aromatic rings. The van der Waals surface area contributed by atoms with Crippen molar-refractivity contribution in [2.45, 2.75) is 72.1 Å². The molecular weight excluding hydrogens is 388 g/mol. The number of benzene rings is 1. The normalized spacial score (nSPS) is 18.5. The van der Waals surface area contributed by atoms with Crippen LogP contribution in [-0.2, 0) is 10.2 Å². The van der Waals surface area contributed by atoms with Crippen molar-refractivity contribution in [2.24, 2.45) is 5.73 Å². The zero-order valence-electron chi connectivity index (χ0n) is 20.2. The van der Waals surface area contributed by atoms with E-state index < -0.39 is 0 Å². The number of nitrogens with two attached hydrogens (primary N) is 1. The lowest BCUT2D eigenvalue weighted by Crippen LogP contribution is -2.45. The van der Waals surface area contributed by atoms with Gasteiger partial charge in [-0.2, -0.15) is 0 Å². The molecule has 0 spiro atoms. The van der Waals surface area contributed by atoms with Gasteiger partial charge in [-0.05, 0) is 56.8 Å². The quantitative estimate of drug-likeness (QED) is 0.513. The fourth-order valence-electron chi connectivity index (χ4n) is 3.96. The van der Waals surface area contributed by atoms with Crippen LogP contribution in [0, 0.1) is 0 Å². The summed E-state index contributed by atoms with van der Waals surface area (Å²) in [5.74, 6) is 0. The summed E-state index contributed by atoms with van der Waals surface area (Å²) in [4.78, 5) is 16.8. The monoisotopic (exact) mass is 430 g/mol. The van der Waals surface area contributed by atoms with Gasteiger partial charge in [-0.15, -0.1) is 0 Å². The van der Waals surface area contributed by atoms with E-state index in [-0.39, 0.29) is 23.8 Å². The van der Waals surface area contributed by atoms with Crippen molar-refractivity contribution in [1.29, 1.82) is 0 Å². The van der Waals surface area contributed by atoms with Crippen LogP contribution < -0.4 is 16.0 Å². The second kappa shape index (κ2) is 13.1. The van der Waals surface area contributed by atoms with Gasteiger partial charge in [0.1, 0.15) is 0 Å². The van der Waals surface area contributed by atoms with Gasteiger partial charge in [0.15, 0.2) is 0 Å². The van der Waals surface area contributed by atoms with Gasteiger partial charge in [0.2, 0.25) is 0 Å². The molecule has 0 radical (unpaired) electrons. The molecule has 31 heavy (non-hydrogen) atoms. The van der Waals surface area contributed by atoms with E-state index >= 15 is 0 Å². The number of nitrogens with zero attached hydrogens (tertiary/aromatic N) is 2. The van der Waals surface area contributed by atoms with E-state index in [4.69, 9.17) is 10.5 Å². The number of hydrogen-bond acceptors (Lipinski definition) is 5. The standard InChI is InChI=1S/C23H36N4O2.C2H6/c1-6-15-26(21(12-14-24)25-7-2)16-13-23(5)17-27(22(28)29-18(3)4)20-11-9-8-10-19(20)23;1-2/h7-12,14,18,21,25H,2,6,13,15-17,24H2,1,3-5H3;1-2H3/b14-12+;. The Kier molecular flexibility index (Phi) is 11.2. The molecule has 2 unspecified atom stereocenters. The molecule has 0 saturated carbocycles. The Bertz CT molecular complexity index is 719. The van der Waals surface area contributed by atoms with Gasteiger partial charge < -0.3 is 15.8 Å². The van der Waals surface area contributed by atoms with E-state index in [1.807, 2.05) is 52.0 Å². The van der Waals surface area contributed by atoms with Crippen molar-refractivity contribution in [3.63, 3.8) is 0 Å². The minimum atomic E-state index is -0.279. The number of nitrogens with one attached hydrogen (secondary N) is 1. The minimum absolute atomic E-state index is 0.000272. The summed E-state index contributed by atoms with van der Waals surface area (Å²) < 4.78 is 5.48. The maximum Gasteiger partial charge on any atom is 0.414 e. The Hall–Kier alpha value is -2.47. The zero-order valence-corrected chi connectivity index (χ0v) is 20.2. The maximum atomic E-state index is 12.7. The van der Waals surface area contributed by atoms with Crippen LogP contribution in [0.1, 0.15) is 59.9 Å². The van der Waals surface area contributed by atoms with Crippen LogP contribution in [0.5, 0.6) is 0 Å². The van der Waals surface area contributed by atoms with Crippen LogP contribution in [-0.4, -0.2) is 42.9 Å². The summed E-state index contributed by atoms with van der Waals surface area (Å²) in [7, 11) is 0. The number of carbonyl (C=O) groups is 1. The summed E-state index contributed by atoms with van der Waals surface area (Å²) in [5.41, 5.74) is 7.65. The highest BCUT2D eigenvalue weighted by atomic mass is 16.6. The van der Waals surface area contributed by atoms with E-state index in [0.717, 1.165) is 31.6 Å². The molecule has 0 aromatic heterocycles. The predicted molar refractivity (Wildman–Crippen MR) is 131 cm³/mol. The molecule has 1 aliphatic rings. The third kappa shape index (κ3) is 7.03. The van der Waals surface area contributed by atoms with Gasteiger partial charge in [0, 0.05) is 25.0 Å². The lowest BCUT2D eigenvalue weighted by molar-refractivity contribution is 0.121. The molecule has 2 atom stereocenters. The van der Waals surface area contributed by atoms with Crippen molar-refractivity contribution < 1.29 is 9.53 Å². The van der Waals surface area contributed by atoms with Gasteiger partial charge in [0.05, 0.1) is 18.0 Å². The molecule has 3 N–H and O–H groups in total. The summed E-state index contributed by atoms with van der Waals surface area (Å²) in [6, 6.07) is 8.14. The number of hydrogen-bond donors (Lipinski definition) is 2. The molecule has 1 aliphatic heterocycles. The fourth-order valence-corrected chi connectivity index (χ4v) is 3.96. The highest BCUT2D eigenvalue weighted by molar-refractivity contribution is 5.91. The van der Waals surface area contributed by atoms with Gasteiger partial charge >= 0.3 is 6.09 Å². The topological polar surface area (TPSA) is 70.8 Å². The molecule has 0 fully saturated rings. The highest BCUT2D eigenvalue weighted by Crippen LogP contribution is 2.43. The van der Waals surface area contributed by atoms with E-state index in [0.29, 0.717) is 6.54 Å². The SMILES string of the molecule is C=CNC(/C=C/N)N(CCC)CCC1(C)CN(C(=O)OC(C)C)c2ccccc21.CC. The molecule has 0 aliphatic carbocycles. The highest BCUT2D eigenvalue weighted by Gasteiger charge is 2.42. The molecule has 6 nitrogen and oxygen atoms in total. The Morgan fingerprint density at radius 2 is 2.03 bits per heavy atom. The number of amides is 1. The Morgan fingerprint density at radius 3 is 2.61 bits per heavy atom. The average Bonchev–Trinajstić information content (AvgIpc) is 3.06. The van der Waals surface area contributed by atoms with Crippen LogP contribution in [0.4, 0.5) is 10.5 Å². The van der Waals surface area contributed by atoms with Gasteiger partial charge in [-0.25, -0.2) is 4.79 Å². The second-order valence-electron chi connectivity index (χ2n) is 8.08. The van der Waals surface area contributed by atoms with E-state index in [2.05, 4.69) is 36.7 Å². The molecule has 0 saturated heterocycles. The zero-order chi connectivity index (χ0) is 23.4. The smallest absolute Gasteiger partial charge is 0.414 e. The van der Waals surface area contributed by atoms with Crippen molar-refractivity contribution in [1.82, 2.24) is 10.2 Å². The lowest BCUT2D eigenvalue weighted by atomic mass is 9.81. The molecule has 1 aromatic carbocycles. The largest absolute Gasteiger partial charge is 0.446 e. The summed E-state index contributed by atoms with van der Waals surface area (Å²) >= 11 is 0. The number of rotatable bonds is 10. The maximum absolute atomic E-state index is 12.7. The molecule has 6 heteroatoms. The number of ether oxygens (including phenoxy) is 1. The summed E-state index contributed by atoms with van der Waals surface area (Å²) in [5, 5.41) is 3.26. The number of para-hydroxylation sites is 1. The first-order valence-corrected chi connectivity index (χ1v) is 11.4. The fraction of sp³-hybridized carbons (Fsp3) is 0.560. The third-order valence-electron chi connectivity index (χ3n) is 5.35. The van der Waals surface area contributed by atoms with Crippen LogP contribution >= 0.6 is 0 Å². The van der Waals surface area contributed by atoms with E-state index in [1.54, 1.807) is 17.3 Å². The third-order valence-corrected chi connectivity index (χ3v) is 5.35. The van der Waals surface area contributed by atoms with Crippen molar-refractivity contribution in [3.05, 3.63) is 54.9 Å². The first-order valence-electron chi connectivity index (χ1n) is 11.4. The van der Waals surface area contributed by atoms with Gasteiger partial charge in [-0.3, -0.25) is 9.80 Å². The average molecular weight is 431 g/mol. The molecular formula is C25H42N4O2. The summed E-state index contributed by atoms with van der Waals surface area (Å²) in [6.45, 7) is 18.3. The van der Waals surface area contributed by atoms with Crippen molar-refractivity contribution in [3.8, 4) is 0 Å². The number of fused-ring (bicyclic) bond motifs is 1. The van der Waals surface area contributed by atoms with Gasteiger partial charge in [0.25, 0.3) is 0 Å². The molecule has 1 amide bonds. The first kappa shape index (κ1) is 26.6. The van der Waals surface area contributed by atoms with Crippen LogP contribution in [0.25, 0.3) is 0 Å². The summed E-state index contributed by atoms with van der Waals surface area (Å²) in [6.07, 6.45) is 6.73. The van der Waals surface area contributed by atoms with E-state index in [9.17, 15) is 4.79 Å². The first-order chi connectivity index (χ1) is 14.9. The minimum Gasteiger partial charge on any atom is -0.446 e.